The van der Waals surface area contributed by atoms with Crippen LogP contribution in [0.2, 0.25) is 0 Å². The average molecular weight is 560 g/mol. The highest BCUT2D eigenvalue weighted by molar-refractivity contribution is 5.96. The number of methoxy groups -OCH3 is 1. The number of nitrogens with zero attached hydrogens (tertiary/aromatic N) is 7. The van der Waals surface area contributed by atoms with E-state index in [1.165, 1.54) is 0 Å². The van der Waals surface area contributed by atoms with E-state index in [4.69, 9.17) is 14.5 Å². The van der Waals surface area contributed by atoms with E-state index >= 15 is 0 Å². The van der Waals surface area contributed by atoms with Gasteiger partial charge < -0.3 is 20.1 Å². The van der Waals surface area contributed by atoms with E-state index in [2.05, 4.69) is 48.5 Å². The predicted octanol–water partition coefficient (Wildman–Crippen LogP) is 2.39. The van der Waals surface area contributed by atoms with Crippen LogP contribution in [0.1, 0.15) is 35.7 Å². The third-order valence-electron chi connectivity index (χ3n) is 8.18. The summed E-state index contributed by atoms with van der Waals surface area (Å²) < 4.78 is 12.4. The van der Waals surface area contributed by atoms with Gasteiger partial charge in [-0.05, 0) is 37.0 Å². The van der Waals surface area contributed by atoms with Crippen LogP contribution in [-0.2, 0) is 23.0 Å². The van der Waals surface area contributed by atoms with Crippen molar-refractivity contribution in [1.29, 1.82) is 0 Å². The van der Waals surface area contributed by atoms with Crippen molar-refractivity contribution >= 4 is 28.9 Å². The summed E-state index contributed by atoms with van der Waals surface area (Å²) in [6.45, 7) is 9.40. The van der Waals surface area contributed by atoms with Crippen molar-refractivity contribution < 1.29 is 14.3 Å². The van der Waals surface area contributed by atoms with E-state index in [-0.39, 0.29) is 11.9 Å². The molecule has 3 aromatic heterocycles. The zero-order valence-corrected chi connectivity index (χ0v) is 24.1. The molecule has 3 aliphatic rings. The number of hydrogen-bond acceptors (Lipinski definition) is 10. The Morgan fingerprint density at radius 3 is 2.73 bits per heavy atom. The molecule has 0 spiro atoms. The second-order valence-corrected chi connectivity index (χ2v) is 10.8. The highest BCUT2D eigenvalue weighted by Gasteiger charge is 2.33. The number of ether oxygens (including phenoxy) is 2. The van der Waals surface area contributed by atoms with Gasteiger partial charge in [-0.3, -0.25) is 19.3 Å². The van der Waals surface area contributed by atoms with Gasteiger partial charge in [0.05, 0.1) is 44.3 Å². The second-order valence-electron chi connectivity index (χ2n) is 10.8. The van der Waals surface area contributed by atoms with Crippen LogP contribution in [0.4, 0.5) is 17.5 Å². The first kappa shape index (κ1) is 27.3. The molecule has 12 nitrogen and oxygen atoms in total. The van der Waals surface area contributed by atoms with Gasteiger partial charge in [-0.2, -0.15) is 0 Å². The Bertz CT molecular complexity index is 1460. The van der Waals surface area contributed by atoms with Gasteiger partial charge >= 0.3 is 0 Å². The van der Waals surface area contributed by atoms with Crippen LogP contribution in [0.3, 0.4) is 0 Å². The number of anilines is 3. The van der Waals surface area contributed by atoms with Gasteiger partial charge in [0.2, 0.25) is 11.9 Å². The fourth-order valence-corrected chi connectivity index (χ4v) is 5.86. The number of aromatic nitrogens is 5. The molecule has 3 aromatic rings. The lowest BCUT2D eigenvalue weighted by molar-refractivity contribution is -0.123. The van der Waals surface area contributed by atoms with Crippen molar-refractivity contribution in [1.82, 2.24) is 34.5 Å². The van der Waals surface area contributed by atoms with Gasteiger partial charge in [0.25, 0.3) is 5.88 Å². The van der Waals surface area contributed by atoms with Gasteiger partial charge in [-0.15, -0.1) is 5.10 Å². The molecule has 1 aliphatic carbocycles. The number of rotatable bonds is 9. The molecule has 1 amide bonds. The summed E-state index contributed by atoms with van der Waals surface area (Å²) >= 11 is 0. The molecule has 216 valence electrons. The summed E-state index contributed by atoms with van der Waals surface area (Å²) in [6.07, 6.45) is 8.93. The van der Waals surface area contributed by atoms with E-state index in [1.807, 2.05) is 26.2 Å². The lowest BCUT2D eigenvalue weighted by Gasteiger charge is -2.44. The Morgan fingerprint density at radius 1 is 1.22 bits per heavy atom. The molecule has 12 heteroatoms. The summed E-state index contributed by atoms with van der Waals surface area (Å²) in [4.78, 5) is 32.2. The monoisotopic (exact) mass is 559 g/mol. The van der Waals surface area contributed by atoms with Gasteiger partial charge in [0.15, 0.2) is 0 Å². The Kier molecular flexibility index (Phi) is 7.69. The Balaban J connectivity index is 1.17. The molecule has 2 N–H and O–H groups in total. The zero-order chi connectivity index (χ0) is 28.5. The van der Waals surface area contributed by atoms with Crippen molar-refractivity contribution in [3.63, 3.8) is 0 Å². The number of allylic oxidation sites excluding steroid dienone is 1. The number of pyridine rings is 1. The normalized spacial score (nSPS) is 18.4. The van der Waals surface area contributed by atoms with Crippen molar-refractivity contribution in [2.45, 2.75) is 38.8 Å². The number of fused-ring (bicyclic) bond motifs is 1. The van der Waals surface area contributed by atoms with Crippen LogP contribution < -0.4 is 15.4 Å². The van der Waals surface area contributed by atoms with Crippen LogP contribution in [-0.4, -0.2) is 99.0 Å². The number of nitrogens with one attached hydrogen (secondary N) is 2. The molecule has 0 saturated carbocycles. The minimum atomic E-state index is -0.191. The Hall–Kier alpha value is -3.87. The lowest BCUT2D eigenvalue weighted by Crippen LogP contribution is -2.59. The maximum Gasteiger partial charge on any atom is 0.256 e. The number of aryl methyl sites for hydroxylation is 2. The van der Waals surface area contributed by atoms with E-state index in [9.17, 15) is 4.79 Å². The maximum absolute atomic E-state index is 13.5. The fraction of sp³-hybridized carbons (Fsp3) is 0.483. The molecule has 2 fully saturated rings. The minimum absolute atomic E-state index is 0.00241. The third-order valence-corrected chi connectivity index (χ3v) is 8.18. The summed E-state index contributed by atoms with van der Waals surface area (Å²) in [5.41, 5.74) is 5.49. The molecular formula is C29H37N9O3. The molecular weight excluding hydrogens is 522 g/mol. The lowest BCUT2D eigenvalue weighted by atomic mass is 10.0. The highest BCUT2D eigenvalue weighted by atomic mass is 16.5. The highest BCUT2D eigenvalue weighted by Crippen LogP contribution is 2.36. The molecule has 0 radical (unpaired) electrons. The first-order valence-corrected chi connectivity index (χ1v) is 14.2. The first-order valence-electron chi connectivity index (χ1n) is 14.2. The fourth-order valence-electron chi connectivity index (χ4n) is 5.86. The molecule has 6 rings (SSSR count). The van der Waals surface area contributed by atoms with Gasteiger partial charge in [-0.25, -0.2) is 15.0 Å². The molecule has 1 unspecified atom stereocenters. The second kappa shape index (κ2) is 11.6. The third kappa shape index (κ3) is 5.42. The Labute approximate surface area is 239 Å². The van der Waals surface area contributed by atoms with Crippen LogP contribution in [0.5, 0.6) is 5.88 Å². The number of hydrogen-bond donors (Lipinski definition) is 2. The minimum Gasteiger partial charge on any atom is -0.478 e. The van der Waals surface area contributed by atoms with Crippen LogP contribution in [0.25, 0.3) is 5.57 Å². The molecule has 2 saturated heterocycles. The smallest absolute Gasteiger partial charge is 0.256 e. The van der Waals surface area contributed by atoms with Crippen molar-refractivity contribution in [2.24, 2.45) is 7.05 Å². The van der Waals surface area contributed by atoms with E-state index < -0.39 is 0 Å². The molecule has 1 atom stereocenters. The van der Waals surface area contributed by atoms with Gasteiger partial charge in [0, 0.05) is 56.8 Å². The maximum atomic E-state index is 13.5. The largest absolute Gasteiger partial charge is 0.478 e. The zero-order valence-electron chi connectivity index (χ0n) is 24.1. The topological polar surface area (TPSA) is 123 Å². The number of piperazine rings is 1. The summed E-state index contributed by atoms with van der Waals surface area (Å²) in [5, 5.41) is 10.7. The molecule has 41 heavy (non-hydrogen) atoms. The van der Waals surface area contributed by atoms with Crippen molar-refractivity contribution in [3.05, 3.63) is 53.1 Å². The standard InChI is InChI=1S/C29H37N9O3/c1-5-24(38-12-10-37(11-13-38)19-16-41-17-19)27(39)34-26-22-7-6-21(20(22)8-9-30-26)25-18(2)14-31-29(33-25)32-23-15-36(3)35-28(23)40-4/h6,8-9,14-15,19,24H,5,7,10-13,16-17H2,1-4H3,(H,30,34,39)(H,31,32,33). The number of carbonyl (C=O) groups is 1. The van der Waals surface area contributed by atoms with Crippen LogP contribution in [0, 0.1) is 6.92 Å². The van der Waals surface area contributed by atoms with Gasteiger partial charge in [-0.1, -0.05) is 13.0 Å². The summed E-state index contributed by atoms with van der Waals surface area (Å²) in [5.74, 6) is 1.53. The summed E-state index contributed by atoms with van der Waals surface area (Å²) in [6, 6.07) is 2.33. The average Bonchev–Trinajstić information content (AvgIpc) is 3.53. The predicted molar refractivity (Wildman–Crippen MR) is 155 cm³/mol. The van der Waals surface area contributed by atoms with E-state index in [0.717, 1.165) is 73.8 Å². The summed E-state index contributed by atoms with van der Waals surface area (Å²) in [7, 11) is 3.41. The number of carbonyl (C=O) groups excluding carboxylic acids is 1. The Morgan fingerprint density at radius 2 is 2.02 bits per heavy atom. The molecule has 0 aromatic carbocycles. The van der Waals surface area contributed by atoms with Gasteiger partial charge in [0.1, 0.15) is 11.5 Å². The van der Waals surface area contributed by atoms with Crippen molar-refractivity contribution in [3.8, 4) is 5.88 Å². The van der Waals surface area contributed by atoms with Crippen LogP contribution in [0.15, 0.2) is 30.7 Å². The van der Waals surface area contributed by atoms with E-state index in [0.29, 0.717) is 35.8 Å². The van der Waals surface area contributed by atoms with Crippen LogP contribution >= 0.6 is 0 Å². The molecule has 0 bridgehead atoms. The van der Waals surface area contributed by atoms with E-state index in [1.54, 1.807) is 24.2 Å². The number of amides is 1. The molecule has 5 heterocycles. The SMILES string of the molecule is CCC(C(=O)Nc1nccc2c1CC=C2c1nc(Nc2cn(C)nc2OC)ncc1C)N1CCN(C2COC2)CC1. The quantitative estimate of drug-likeness (QED) is 0.404. The first-order chi connectivity index (χ1) is 19.9. The van der Waals surface area contributed by atoms with Crippen molar-refractivity contribution in [2.75, 3.05) is 57.1 Å². The molecule has 2 aliphatic heterocycles.